The number of amides is 4. The first-order valence-electron chi connectivity index (χ1n) is 9.60. The van der Waals surface area contributed by atoms with Crippen molar-refractivity contribution in [2.75, 3.05) is 18.0 Å². The van der Waals surface area contributed by atoms with Gasteiger partial charge in [-0.2, -0.15) is 0 Å². The zero-order valence-electron chi connectivity index (χ0n) is 16.5. The topological polar surface area (TPSA) is 90.5 Å². The molecule has 27 heavy (non-hydrogen) atoms. The number of anilines is 1. The van der Waals surface area contributed by atoms with Crippen LogP contribution >= 0.6 is 0 Å². The summed E-state index contributed by atoms with van der Waals surface area (Å²) in [5, 5.41) is 7.95. The number of imide groups is 1. The Morgan fingerprint density at radius 3 is 2.59 bits per heavy atom. The van der Waals surface area contributed by atoms with Gasteiger partial charge in [0.2, 0.25) is 11.8 Å². The van der Waals surface area contributed by atoms with Gasteiger partial charge in [0, 0.05) is 24.3 Å². The summed E-state index contributed by atoms with van der Waals surface area (Å²) >= 11 is 0. The summed E-state index contributed by atoms with van der Waals surface area (Å²) in [6, 6.07) is 7.30. The minimum atomic E-state index is -0.494. The van der Waals surface area contributed by atoms with Crippen molar-refractivity contribution in [2.24, 2.45) is 0 Å². The minimum Gasteiger partial charge on any atom is -0.359 e. The lowest BCUT2D eigenvalue weighted by Crippen LogP contribution is -2.50. The number of hydrogen-bond acceptors (Lipinski definition) is 4. The molecule has 148 valence electrons. The molecule has 0 unspecified atom stereocenters. The van der Waals surface area contributed by atoms with Gasteiger partial charge in [-0.3, -0.25) is 14.9 Å². The molecule has 0 saturated heterocycles. The van der Waals surface area contributed by atoms with Crippen LogP contribution in [0, 0.1) is 0 Å². The second kappa shape index (κ2) is 9.39. The molecule has 0 bridgehead atoms. The maximum absolute atomic E-state index is 12.8. The SMILES string of the molecule is CCNC(=O)NC(=O)CN1c2ccccc2[C@H](C(=O)N[C@@H](C)CC)C[C@@H]1C. The Hall–Kier alpha value is -2.57. The molecule has 1 aliphatic heterocycles. The first-order valence-corrected chi connectivity index (χ1v) is 9.60. The van der Waals surface area contributed by atoms with Crippen LogP contribution in [0.3, 0.4) is 0 Å². The number of para-hydroxylation sites is 1. The van der Waals surface area contributed by atoms with E-state index < -0.39 is 6.03 Å². The third-order valence-electron chi connectivity index (χ3n) is 4.95. The van der Waals surface area contributed by atoms with Gasteiger partial charge in [0.1, 0.15) is 0 Å². The van der Waals surface area contributed by atoms with Gasteiger partial charge in [-0.05, 0) is 45.2 Å². The maximum atomic E-state index is 12.8. The highest BCUT2D eigenvalue weighted by atomic mass is 16.2. The Kier molecular flexibility index (Phi) is 7.21. The Morgan fingerprint density at radius 1 is 1.22 bits per heavy atom. The zero-order chi connectivity index (χ0) is 20.0. The minimum absolute atomic E-state index is 0.00688. The van der Waals surface area contributed by atoms with Crippen molar-refractivity contribution >= 4 is 23.5 Å². The van der Waals surface area contributed by atoms with Crippen molar-refractivity contribution < 1.29 is 14.4 Å². The average Bonchev–Trinajstić information content (AvgIpc) is 2.63. The Balaban J connectivity index is 2.18. The second-order valence-corrected chi connectivity index (χ2v) is 7.05. The summed E-state index contributed by atoms with van der Waals surface area (Å²) in [6.45, 7) is 8.34. The zero-order valence-corrected chi connectivity index (χ0v) is 16.5. The quantitative estimate of drug-likeness (QED) is 0.711. The molecule has 7 heteroatoms. The molecule has 0 aliphatic carbocycles. The van der Waals surface area contributed by atoms with Crippen LogP contribution in [0.25, 0.3) is 0 Å². The van der Waals surface area contributed by atoms with Crippen molar-refractivity contribution in [2.45, 2.75) is 58.5 Å². The summed E-state index contributed by atoms with van der Waals surface area (Å²) in [5.74, 6) is -0.590. The highest BCUT2D eigenvalue weighted by Crippen LogP contribution is 2.38. The Morgan fingerprint density at radius 2 is 1.93 bits per heavy atom. The van der Waals surface area contributed by atoms with Crippen molar-refractivity contribution in [3.05, 3.63) is 29.8 Å². The van der Waals surface area contributed by atoms with Gasteiger partial charge in [-0.15, -0.1) is 0 Å². The second-order valence-electron chi connectivity index (χ2n) is 7.05. The number of carbonyl (C=O) groups is 3. The van der Waals surface area contributed by atoms with Crippen molar-refractivity contribution in [1.29, 1.82) is 0 Å². The molecule has 3 atom stereocenters. The highest BCUT2D eigenvalue weighted by Gasteiger charge is 2.35. The van der Waals surface area contributed by atoms with E-state index in [1.807, 2.05) is 49.9 Å². The fraction of sp³-hybridized carbons (Fsp3) is 0.550. The Labute approximate surface area is 160 Å². The number of rotatable bonds is 6. The monoisotopic (exact) mass is 374 g/mol. The van der Waals surface area contributed by atoms with Crippen LogP contribution in [0.4, 0.5) is 10.5 Å². The van der Waals surface area contributed by atoms with E-state index in [2.05, 4.69) is 16.0 Å². The predicted octanol–water partition coefficient (Wildman–Crippen LogP) is 2.13. The highest BCUT2D eigenvalue weighted by molar-refractivity contribution is 5.97. The fourth-order valence-electron chi connectivity index (χ4n) is 3.34. The van der Waals surface area contributed by atoms with E-state index in [1.54, 1.807) is 6.92 Å². The molecule has 1 aromatic carbocycles. The summed E-state index contributed by atoms with van der Waals surface area (Å²) in [4.78, 5) is 38.6. The van der Waals surface area contributed by atoms with Crippen LogP contribution in [-0.4, -0.2) is 43.0 Å². The van der Waals surface area contributed by atoms with E-state index in [9.17, 15) is 14.4 Å². The molecule has 0 radical (unpaired) electrons. The van der Waals surface area contributed by atoms with Gasteiger partial charge < -0.3 is 15.5 Å². The first kappa shape index (κ1) is 20.7. The number of carbonyl (C=O) groups excluding carboxylic acids is 3. The van der Waals surface area contributed by atoms with E-state index in [-0.39, 0.29) is 36.4 Å². The summed E-state index contributed by atoms with van der Waals surface area (Å²) in [7, 11) is 0. The normalized spacial score (nSPS) is 19.6. The average molecular weight is 374 g/mol. The summed E-state index contributed by atoms with van der Waals surface area (Å²) < 4.78 is 0. The van der Waals surface area contributed by atoms with Crippen LogP contribution in [-0.2, 0) is 9.59 Å². The third kappa shape index (κ3) is 5.21. The fourth-order valence-corrected chi connectivity index (χ4v) is 3.34. The van der Waals surface area contributed by atoms with Gasteiger partial charge in [0.15, 0.2) is 0 Å². The molecular formula is C20H30N4O3. The lowest BCUT2D eigenvalue weighted by molar-refractivity contribution is -0.123. The molecule has 0 aromatic heterocycles. The smallest absolute Gasteiger partial charge is 0.321 e. The van der Waals surface area contributed by atoms with Gasteiger partial charge in [-0.1, -0.05) is 25.1 Å². The van der Waals surface area contributed by atoms with Crippen molar-refractivity contribution in [1.82, 2.24) is 16.0 Å². The van der Waals surface area contributed by atoms with E-state index in [4.69, 9.17) is 0 Å². The molecule has 1 aliphatic rings. The van der Waals surface area contributed by atoms with Crippen LogP contribution in [0.5, 0.6) is 0 Å². The molecule has 0 spiro atoms. The van der Waals surface area contributed by atoms with Crippen LogP contribution in [0.1, 0.15) is 52.0 Å². The number of nitrogens with zero attached hydrogens (tertiary/aromatic N) is 1. The lowest BCUT2D eigenvalue weighted by Gasteiger charge is -2.40. The molecular weight excluding hydrogens is 344 g/mol. The van der Waals surface area contributed by atoms with Crippen LogP contribution < -0.4 is 20.9 Å². The molecule has 3 N–H and O–H groups in total. The number of fused-ring (bicyclic) bond motifs is 1. The van der Waals surface area contributed by atoms with Gasteiger partial charge >= 0.3 is 6.03 Å². The largest absolute Gasteiger partial charge is 0.359 e. The van der Waals surface area contributed by atoms with Crippen molar-refractivity contribution in [3.8, 4) is 0 Å². The molecule has 2 rings (SSSR count). The molecule has 1 aromatic rings. The van der Waals surface area contributed by atoms with E-state index in [0.717, 1.165) is 17.7 Å². The molecule has 1 heterocycles. The standard InChI is InChI=1S/C20H30N4O3/c1-5-13(3)22-19(26)16-11-14(4)24(17-10-8-7-9-15(16)17)12-18(25)23-20(27)21-6-2/h7-10,13-14,16H,5-6,11-12H2,1-4H3,(H,22,26)(H2,21,23,25,27)/t13-,14-,16+/m0/s1. The Bertz CT molecular complexity index is 692. The van der Waals surface area contributed by atoms with Gasteiger partial charge in [-0.25, -0.2) is 4.79 Å². The van der Waals surface area contributed by atoms with E-state index >= 15 is 0 Å². The molecule has 0 saturated carbocycles. The lowest BCUT2D eigenvalue weighted by atomic mass is 9.85. The van der Waals surface area contributed by atoms with Crippen molar-refractivity contribution in [3.63, 3.8) is 0 Å². The molecule has 7 nitrogen and oxygen atoms in total. The maximum Gasteiger partial charge on any atom is 0.321 e. The number of urea groups is 1. The molecule has 4 amide bonds. The first-order chi connectivity index (χ1) is 12.9. The van der Waals surface area contributed by atoms with Crippen LogP contribution in [0.2, 0.25) is 0 Å². The van der Waals surface area contributed by atoms with E-state index in [0.29, 0.717) is 13.0 Å². The van der Waals surface area contributed by atoms with Gasteiger partial charge in [0.05, 0.1) is 12.5 Å². The number of nitrogens with one attached hydrogen (secondary N) is 3. The summed E-state index contributed by atoms with van der Waals surface area (Å²) in [6.07, 6.45) is 1.50. The summed E-state index contributed by atoms with van der Waals surface area (Å²) in [5.41, 5.74) is 1.79. The number of hydrogen-bond donors (Lipinski definition) is 3. The van der Waals surface area contributed by atoms with Crippen LogP contribution in [0.15, 0.2) is 24.3 Å². The van der Waals surface area contributed by atoms with E-state index in [1.165, 1.54) is 0 Å². The third-order valence-corrected chi connectivity index (χ3v) is 4.95. The number of benzene rings is 1. The van der Waals surface area contributed by atoms with Gasteiger partial charge in [0.25, 0.3) is 0 Å². The predicted molar refractivity (Wildman–Crippen MR) is 106 cm³/mol. The molecule has 0 fully saturated rings.